The second kappa shape index (κ2) is 6.77. The molecule has 0 saturated carbocycles. The number of carbonyl (C=O) groups excluding carboxylic acids is 1. The highest BCUT2D eigenvalue weighted by Gasteiger charge is 2.01. The zero-order chi connectivity index (χ0) is 11.8. The minimum Gasteiger partial charge on any atom is -0.352 e. The van der Waals surface area contributed by atoms with E-state index in [4.69, 9.17) is 5.26 Å². The Labute approximate surface area is 98.6 Å². The summed E-state index contributed by atoms with van der Waals surface area (Å²) < 4.78 is 0. The van der Waals surface area contributed by atoms with Crippen LogP contribution in [0.5, 0.6) is 0 Å². The lowest BCUT2D eigenvalue weighted by atomic mass is 10.3. The number of carbonyl (C=O) groups is 1. The van der Waals surface area contributed by atoms with E-state index in [-0.39, 0.29) is 12.5 Å². The first kappa shape index (κ1) is 12.4. The lowest BCUT2D eigenvalue weighted by Crippen LogP contribution is -2.33. The van der Waals surface area contributed by atoms with E-state index in [1.165, 1.54) is 11.3 Å². The third-order valence-corrected chi connectivity index (χ3v) is 2.75. The Balaban J connectivity index is 2.22. The van der Waals surface area contributed by atoms with Crippen LogP contribution in [-0.4, -0.2) is 19.0 Å². The Kier molecular flexibility index (Phi) is 5.26. The molecule has 1 rings (SSSR count). The van der Waals surface area contributed by atoms with Crippen LogP contribution in [0, 0.1) is 11.3 Å². The molecule has 0 bridgehead atoms. The molecule has 16 heavy (non-hydrogen) atoms. The number of rotatable bonds is 6. The van der Waals surface area contributed by atoms with Crippen molar-refractivity contribution in [1.29, 1.82) is 5.26 Å². The van der Waals surface area contributed by atoms with Gasteiger partial charge in [0.05, 0.1) is 12.1 Å². The molecule has 1 aromatic heterocycles. The van der Waals surface area contributed by atoms with Crippen molar-refractivity contribution in [3.8, 4) is 6.07 Å². The van der Waals surface area contributed by atoms with Gasteiger partial charge in [-0.1, -0.05) is 6.08 Å². The molecule has 0 atom stereocenters. The van der Waals surface area contributed by atoms with Crippen molar-refractivity contribution in [3.63, 3.8) is 0 Å². The smallest absolute Gasteiger partial charge is 0.234 e. The van der Waals surface area contributed by atoms with Crippen molar-refractivity contribution in [2.45, 2.75) is 6.54 Å². The Morgan fingerprint density at radius 2 is 2.50 bits per heavy atom. The molecule has 0 fully saturated rings. The second-order valence-electron chi connectivity index (χ2n) is 3.11. The van der Waals surface area contributed by atoms with Gasteiger partial charge in [-0.15, -0.1) is 17.9 Å². The molecule has 0 radical (unpaired) electrons. The summed E-state index contributed by atoms with van der Waals surface area (Å²) in [6.07, 6.45) is 1.64. The van der Waals surface area contributed by atoms with E-state index >= 15 is 0 Å². The summed E-state index contributed by atoms with van der Waals surface area (Å²) in [5, 5.41) is 16.1. The van der Waals surface area contributed by atoms with Gasteiger partial charge in [0.2, 0.25) is 5.91 Å². The molecule has 0 saturated heterocycles. The van der Waals surface area contributed by atoms with Crippen molar-refractivity contribution < 1.29 is 4.79 Å². The highest BCUT2D eigenvalue weighted by atomic mass is 32.1. The summed E-state index contributed by atoms with van der Waals surface area (Å²) in [6, 6.07) is 3.89. The summed E-state index contributed by atoms with van der Waals surface area (Å²) in [6.45, 7) is 4.87. The van der Waals surface area contributed by atoms with Gasteiger partial charge in [0, 0.05) is 23.3 Å². The zero-order valence-corrected chi connectivity index (χ0v) is 9.64. The SMILES string of the molecule is C=CCNC(=O)CNCc1cc(C#N)cs1. The van der Waals surface area contributed by atoms with Crippen molar-refractivity contribution in [2.75, 3.05) is 13.1 Å². The molecular weight excluding hydrogens is 222 g/mol. The van der Waals surface area contributed by atoms with E-state index in [1.807, 2.05) is 6.07 Å². The Morgan fingerprint density at radius 1 is 1.69 bits per heavy atom. The largest absolute Gasteiger partial charge is 0.352 e. The van der Waals surface area contributed by atoms with Gasteiger partial charge in [-0.3, -0.25) is 4.79 Å². The van der Waals surface area contributed by atoms with Crippen LogP contribution in [0.15, 0.2) is 24.1 Å². The highest BCUT2D eigenvalue weighted by molar-refractivity contribution is 7.10. The summed E-state index contributed by atoms with van der Waals surface area (Å²) in [5.74, 6) is -0.0584. The van der Waals surface area contributed by atoms with Crippen molar-refractivity contribution in [1.82, 2.24) is 10.6 Å². The molecular formula is C11H13N3OS. The summed E-state index contributed by atoms with van der Waals surface area (Å²) >= 11 is 1.51. The predicted octanol–water partition coefficient (Wildman–Crippen LogP) is 1.01. The maximum absolute atomic E-state index is 11.2. The number of hydrogen-bond acceptors (Lipinski definition) is 4. The van der Waals surface area contributed by atoms with Gasteiger partial charge in [-0.25, -0.2) is 0 Å². The third kappa shape index (κ3) is 4.26. The zero-order valence-electron chi connectivity index (χ0n) is 8.82. The van der Waals surface area contributed by atoms with Crippen LogP contribution < -0.4 is 10.6 Å². The third-order valence-electron chi connectivity index (χ3n) is 1.81. The molecule has 0 spiro atoms. The van der Waals surface area contributed by atoms with E-state index in [2.05, 4.69) is 23.3 Å². The molecule has 2 N–H and O–H groups in total. The van der Waals surface area contributed by atoms with Gasteiger partial charge < -0.3 is 10.6 Å². The summed E-state index contributed by atoms with van der Waals surface area (Å²) in [7, 11) is 0. The number of nitrogens with one attached hydrogen (secondary N) is 2. The van der Waals surface area contributed by atoms with Crippen LogP contribution in [0.25, 0.3) is 0 Å². The molecule has 0 aliphatic rings. The molecule has 0 aliphatic heterocycles. The quantitative estimate of drug-likeness (QED) is 0.723. The van der Waals surface area contributed by atoms with Gasteiger partial charge >= 0.3 is 0 Å². The summed E-state index contributed by atoms with van der Waals surface area (Å²) in [4.78, 5) is 12.2. The fraction of sp³-hybridized carbons (Fsp3) is 0.273. The van der Waals surface area contributed by atoms with Gasteiger partial charge in [-0.05, 0) is 6.07 Å². The first-order chi connectivity index (χ1) is 7.76. The number of nitrogens with zero attached hydrogens (tertiary/aromatic N) is 1. The number of thiophene rings is 1. The maximum atomic E-state index is 11.2. The van der Waals surface area contributed by atoms with E-state index < -0.39 is 0 Å². The van der Waals surface area contributed by atoms with Crippen LogP contribution in [0.2, 0.25) is 0 Å². The molecule has 1 heterocycles. The monoisotopic (exact) mass is 235 g/mol. The van der Waals surface area contributed by atoms with Crippen LogP contribution in [0.3, 0.4) is 0 Å². The molecule has 1 amide bonds. The van der Waals surface area contributed by atoms with Gasteiger partial charge in [0.15, 0.2) is 0 Å². The number of nitriles is 1. The number of amides is 1. The molecule has 1 aromatic rings. The lowest BCUT2D eigenvalue weighted by molar-refractivity contribution is -0.120. The molecule has 0 unspecified atom stereocenters. The fourth-order valence-corrected chi connectivity index (χ4v) is 1.86. The maximum Gasteiger partial charge on any atom is 0.234 e. The average molecular weight is 235 g/mol. The van der Waals surface area contributed by atoms with Crippen molar-refractivity contribution in [2.24, 2.45) is 0 Å². The van der Waals surface area contributed by atoms with Gasteiger partial charge in [-0.2, -0.15) is 5.26 Å². The normalized spacial score (nSPS) is 9.44. The van der Waals surface area contributed by atoms with Crippen molar-refractivity contribution in [3.05, 3.63) is 34.5 Å². The van der Waals surface area contributed by atoms with Crippen LogP contribution >= 0.6 is 11.3 Å². The minimum atomic E-state index is -0.0584. The van der Waals surface area contributed by atoms with E-state index in [1.54, 1.807) is 11.5 Å². The van der Waals surface area contributed by atoms with E-state index in [0.717, 1.165) is 4.88 Å². The molecule has 5 heteroatoms. The second-order valence-corrected chi connectivity index (χ2v) is 4.11. The highest BCUT2D eigenvalue weighted by Crippen LogP contribution is 2.12. The summed E-state index contributed by atoms with van der Waals surface area (Å²) in [5.41, 5.74) is 0.665. The molecule has 0 aromatic carbocycles. The number of hydrogen-bond donors (Lipinski definition) is 2. The Bertz CT molecular complexity index is 406. The topological polar surface area (TPSA) is 64.9 Å². The average Bonchev–Trinajstić information content (AvgIpc) is 2.74. The standard InChI is InChI=1S/C11H13N3OS/c1-2-3-14-11(15)7-13-6-10-4-9(5-12)8-16-10/h2,4,8,13H,1,3,6-7H2,(H,14,15). The Hall–Kier alpha value is -1.64. The minimum absolute atomic E-state index is 0.0584. The van der Waals surface area contributed by atoms with Crippen LogP contribution in [-0.2, 0) is 11.3 Å². The van der Waals surface area contributed by atoms with Gasteiger partial charge in [0.1, 0.15) is 6.07 Å². The lowest BCUT2D eigenvalue weighted by Gasteiger charge is -2.03. The Morgan fingerprint density at radius 3 is 3.12 bits per heavy atom. The van der Waals surface area contributed by atoms with Crippen LogP contribution in [0.4, 0.5) is 0 Å². The van der Waals surface area contributed by atoms with Crippen molar-refractivity contribution >= 4 is 17.2 Å². The fourth-order valence-electron chi connectivity index (χ4n) is 1.08. The predicted molar refractivity (Wildman–Crippen MR) is 63.9 cm³/mol. The molecule has 0 aliphatic carbocycles. The van der Waals surface area contributed by atoms with E-state index in [0.29, 0.717) is 18.7 Å². The first-order valence-corrected chi connectivity index (χ1v) is 5.70. The first-order valence-electron chi connectivity index (χ1n) is 4.82. The molecule has 4 nitrogen and oxygen atoms in total. The van der Waals surface area contributed by atoms with E-state index in [9.17, 15) is 4.79 Å². The molecule has 84 valence electrons. The van der Waals surface area contributed by atoms with Gasteiger partial charge in [0.25, 0.3) is 0 Å². The van der Waals surface area contributed by atoms with Crippen LogP contribution in [0.1, 0.15) is 10.4 Å².